The third-order valence-electron chi connectivity index (χ3n) is 4.46. The second kappa shape index (κ2) is 9.53. The van der Waals surface area contributed by atoms with Crippen molar-refractivity contribution < 1.29 is 34.4 Å². The minimum Gasteiger partial charge on any atom is -0.507 e. The van der Waals surface area contributed by atoms with E-state index in [1.807, 2.05) is 30.3 Å². The van der Waals surface area contributed by atoms with Crippen molar-refractivity contribution in [1.82, 2.24) is 0 Å². The number of amides is 1. The Kier molecular flexibility index (Phi) is 6.61. The Balaban J connectivity index is 1.83. The molecule has 0 heterocycles. The van der Waals surface area contributed by atoms with E-state index in [1.165, 1.54) is 37.4 Å². The number of ether oxygens (including phenoxy) is 2. The van der Waals surface area contributed by atoms with Gasteiger partial charge in [-0.05, 0) is 35.4 Å². The topological polar surface area (TPSA) is 125 Å². The molecule has 0 aliphatic rings. The first-order valence-corrected chi connectivity index (χ1v) is 9.30. The van der Waals surface area contributed by atoms with E-state index in [0.29, 0.717) is 5.75 Å². The predicted octanol–water partition coefficient (Wildman–Crippen LogP) is 3.56. The molecule has 0 unspecified atom stereocenters. The van der Waals surface area contributed by atoms with Crippen molar-refractivity contribution in [2.75, 3.05) is 12.4 Å². The molecule has 1 amide bonds. The third-order valence-corrected chi connectivity index (χ3v) is 4.46. The van der Waals surface area contributed by atoms with Gasteiger partial charge in [-0.1, -0.05) is 30.3 Å². The van der Waals surface area contributed by atoms with Gasteiger partial charge in [0, 0.05) is 11.8 Å². The predicted molar refractivity (Wildman–Crippen MR) is 113 cm³/mol. The number of carbonyl (C=O) groups is 2. The molecule has 8 heteroatoms. The summed E-state index contributed by atoms with van der Waals surface area (Å²) >= 11 is 0. The molecule has 3 rings (SSSR count). The van der Waals surface area contributed by atoms with Gasteiger partial charge in [0.1, 0.15) is 18.1 Å². The fourth-order valence-corrected chi connectivity index (χ4v) is 2.92. The Morgan fingerprint density at radius 2 is 1.71 bits per heavy atom. The van der Waals surface area contributed by atoms with Crippen LogP contribution in [-0.4, -0.2) is 34.3 Å². The van der Waals surface area contributed by atoms with Crippen LogP contribution < -0.4 is 14.8 Å². The summed E-state index contributed by atoms with van der Waals surface area (Å²) in [5.74, 6) is -1.90. The van der Waals surface area contributed by atoms with Crippen molar-refractivity contribution in [3.8, 4) is 23.0 Å². The second-order valence-electron chi connectivity index (χ2n) is 6.66. The van der Waals surface area contributed by atoms with Gasteiger partial charge in [0.05, 0.1) is 19.1 Å². The highest BCUT2D eigenvalue weighted by molar-refractivity contribution is 6.07. The molecule has 0 aromatic heterocycles. The van der Waals surface area contributed by atoms with Gasteiger partial charge in [-0.25, -0.2) is 0 Å². The monoisotopic (exact) mass is 423 g/mol. The van der Waals surface area contributed by atoms with Crippen LogP contribution in [0.25, 0.3) is 0 Å². The van der Waals surface area contributed by atoms with Crippen molar-refractivity contribution in [1.29, 1.82) is 0 Å². The maximum absolute atomic E-state index is 12.8. The molecule has 3 aromatic carbocycles. The molecule has 0 aliphatic carbocycles. The van der Waals surface area contributed by atoms with Gasteiger partial charge in [-0.3, -0.25) is 9.59 Å². The molecule has 0 bridgehead atoms. The number of phenolic OH excluding ortho intramolecular Hbond substituents is 2. The first-order chi connectivity index (χ1) is 14.9. The van der Waals surface area contributed by atoms with Gasteiger partial charge in [-0.2, -0.15) is 0 Å². The molecule has 160 valence electrons. The number of anilines is 1. The lowest BCUT2D eigenvalue weighted by atomic mass is 10.1. The number of carboxylic acid groups (broad SMARTS) is 1. The maximum atomic E-state index is 12.8. The summed E-state index contributed by atoms with van der Waals surface area (Å²) in [6.07, 6.45) is -0.431. The minimum atomic E-state index is -1.14. The lowest BCUT2D eigenvalue weighted by molar-refractivity contribution is -0.136. The van der Waals surface area contributed by atoms with E-state index in [1.54, 1.807) is 0 Å². The Morgan fingerprint density at radius 1 is 0.968 bits per heavy atom. The zero-order valence-electron chi connectivity index (χ0n) is 16.7. The number of hydrogen-bond donors (Lipinski definition) is 4. The molecule has 3 aromatic rings. The number of phenols is 2. The van der Waals surface area contributed by atoms with Crippen molar-refractivity contribution in [2.24, 2.45) is 0 Å². The van der Waals surface area contributed by atoms with Crippen LogP contribution in [0.3, 0.4) is 0 Å². The number of carbonyl (C=O) groups excluding carboxylic acids is 1. The number of nitrogens with one attached hydrogen (secondary N) is 1. The fraction of sp³-hybridized carbons (Fsp3) is 0.130. The van der Waals surface area contributed by atoms with E-state index < -0.39 is 18.3 Å². The molecule has 0 aliphatic heterocycles. The molecular weight excluding hydrogens is 402 g/mol. The Hall–Kier alpha value is -4.20. The average Bonchev–Trinajstić information content (AvgIpc) is 2.75. The molecule has 0 saturated heterocycles. The minimum absolute atomic E-state index is 0.0566. The van der Waals surface area contributed by atoms with Crippen LogP contribution in [0.1, 0.15) is 21.5 Å². The number of methoxy groups -OCH3 is 1. The first-order valence-electron chi connectivity index (χ1n) is 9.30. The average molecular weight is 423 g/mol. The summed E-state index contributed by atoms with van der Waals surface area (Å²) in [4.78, 5) is 24.0. The van der Waals surface area contributed by atoms with Crippen LogP contribution in [0.2, 0.25) is 0 Å². The Labute approximate surface area is 178 Å². The van der Waals surface area contributed by atoms with Crippen LogP contribution in [0.5, 0.6) is 23.0 Å². The number of rotatable bonds is 8. The molecule has 8 nitrogen and oxygen atoms in total. The van der Waals surface area contributed by atoms with Gasteiger partial charge in [-0.15, -0.1) is 0 Å². The Bertz CT molecular complexity index is 1100. The van der Waals surface area contributed by atoms with Crippen molar-refractivity contribution >= 4 is 17.6 Å². The van der Waals surface area contributed by atoms with E-state index in [4.69, 9.17) is 14.6 Å². The molecule has 31 heavy (non-hydrogen) atoms. The second-order valence-corrected chi connectivity index (χ2v) is 6.66. The molecular formula is C23H21NO7. The largest absolute Gasteiger partial charge is 0.507 e. The van der Waals surface area contributed by atoms with Crippen molar-refractivity contribution in [2.45, 2.75) is 13.0 Å². The normalized spacial score (nSPS) is 10.4. The number of hydrogen-bond acceptors (Lipinski definition) is 6. The number of aliphatic carboxylic acids is 1. The van der Waals surface area contributed by atoms with Crippen LogP contribution >= 0.6 is 0 Å². The van der Waals surface area contributed by atoms with Gasteiger partial charge < -0.3 is 30.1 Å². The lowest BCUT2D eigenvalue weighted by Gasteiger charge is -2.14. The number of aromatic hydroxyl groups is 2. The van der Waals surface area contributed by atoms with Gasteiger partial charge >= 0.3 is 5.97 Å². The summed E-state index contributed by atoms with van der Waals surface area (Å²) in [6.45, 7) is 0.282. The van der Waals surface area contributed by atoms with E-state index >= 15 is 0 Å². The summed E-state index contributed by atoms with van der Waals surface area (Å²) in [6, 6.07) is 16.3. The SMILES string of the molecule is COc1cc(NC(=O)c2cc(OCc3ccccc3)ccc2O)c(CC(=O)O)cc1O. The van der Waals surface area contributed by atoms with Gasteiger partial charge in [0.2, 0.25) is 0 Å². The summed E-state index contributed by atoms with van der Waals surface area (Å²) < 4.78 is 10.7. The third kappa shape index (κ3) is 5.45. The summed E-state index contributed by atoms with van der Waals surface area (Å²) in [7, 11) is 1.33. The zero-order valence-corrected chi connectivity index (χ0v) is 16.7. The van der Waals surface area contributed by atoms with Crippen molar-refractivity contribution in [3.63, 3.8) is 0 Å². The maximum Gasteiger partial charge on any atom is 0.307 e. The van der Waals surface area contributed by atoms with Gasteiger partial charge in [0.25, 0.3) is 5.91 Å². The van der Waals surface area contributed by atoms with Crippen LogP contribution in [0.15, 0.2) is 60.7 Å². The van der Waals surface area contributed by atoms with Crippen LogP contribution in [0.4, 0.5) is 5.69 Å². The first kappa shape index (κ1) is 21.5. The molecule has 0 radical (unpaired) electrons. The van der Waals surface area contributed by atoms with Gasteiger partial charge in [0.15, 0.2) is 11.5 Å². The summed E-state index contributed by atoms with van der Waals surface area (Å²) in [5.41, 5.74) is 1.20. The highest BCUT2D eigenvalue weighted by Crippen LogP contribution is 2.33. The van der Waals surface area contributed by atoms with E-state index in [9.17, 15) is 19.8 Å². The number of carboxylic acids is 1. The lowest BCUT2D eigenvalue weighted by Crippen LogP contribution is -2.15. The van der Waals surface area contributed by atoms with Crippen LogP contribution in [0, 0.1) is 0 Å². The molecule has 0 spiro atoms. The standard InChI is InChI=1S/C23H21NO7/c1-30-21-12-18(15(9-20(21)26)10-22(27)28)24-23(29)17-11-16(7-8-19(17)25)31-13-14-5-3-2-4-6-14/h2-9,11-12,25-26H,10,13H2,1H3,(H,24,29)(H,27,28). The van der Waals surface area contributed by atoms with Crippen LogP contribution in [-0.2, 0) is 17.8 Å². The fourth-order valence-electron chi connectivity index (χ4n) is 2.92. The van der Waals surface area contributed by atoms with E-state index in [2.05, 4.69) is 5.32 Å². The highest BCUT2D eigenvalue weighted by Gasteiger charge is 2.18. The summed E-state index contributed by atoms with van der Waals surface area (Å²) in [5, 5.41) is 31.8. The molecule has 0 fully saturated rings. The molecule has 0 saturated carbocycles. The molecule has 0 atom stereocenters. The highest BCUT2D eigenvalue weighted by atomic mass is 16.5. The zero-order chi connectivity index (χ0) is 22.4. The quantitative estimate of drug-likeness (QED) is 0.408. The van der Waals surface area contributed by atoms with Crippen molar-refractivity contribution in [3.05, 3.63) is 77.4 Å². The Morgan fingerprint density at radius 3 is 2.39 bits per heavy atom. The molecule has 4 N–H and O–H groups in total. The van der Waals surface area contributed by atoms with E-state index in [0.717, 1.165) is 5.56 Å². The van der Waals surface area contributed by atoms with E-state index in [-0.39, 0.29) is 40.7 Å². The number of benzene rings is 3. The smallest absolute Gasteiger partial charge is 0.307 e.